The third kappa shape index (κ3) is 4.48. The molecule has 7 heteroatoms. The van der Waals surface area contributed by atoms with Crippen LogP contribution in [0.25, 0.3) is 10.6 Å². The molecule has 1 aromatic carbocycles. The Morgan fingerprint density at radius 2 is 1.79 bits per heavy atom. The van der Waals surface area contributed by atoms with E-state index >= 15 is 0 Å². The van der Waals surface area contributed by atoms with E-state index in [2.05, 4.69) is 4.98 Å². The Hall–Kier alpha value is -1.92. The van der Waals surface area contributed by atoms with E-state index in [1.807, 2.05) is 41.0 Å². The molecule has 0 aliphatic carbocycles. The minimum absolute atomic E-state index is 0.0251. The maximum Gasteiger partial charge on any atom is 0.265 e. The number of aryl methyl sites for hydroxylation is 1. The van der Waals surface area contributed by atoms with Crippen molar-refractivity contribution >= 4 is 34.8 Å². The van der Waals surface area contributed by atoms with Crippen LogP contribution in [0.1, 0.15) is 47.5 Å². The Labute approximate surface area is 180 Å². The first-order valence-corrected chi connectivity index (χ1v) is 11.5. The summed E-state index contributed by atoms with van der Waals surface area (Å²) in [5.41, 5.74) is 1.68. The number of thiazole rings is 1. The number of hydrogen-bond donors (Lipinski definition) is 0. The van der Waals surface area contributed by atoms with Crippen molar-refractivity contribution in [3.05, 3.63) is 39.9 Å². The van der Waals surface area contributed by atoms with Gasteiger partial charge in [0.2, 0.25) is 5.91 Å². The van der Waals surface area contributed by atoms with Crippen LogP contribution in [0.5, 0.6) is 0 Å². The Bertz CT molecular complexity index is 899. The van der Waals surface area contributed by atoms with Gasteiger partial charge in [0.25, 0.3) is 5.91 Å². The number of amides is 2. The number of carbonyl (C=O) groups is 2. The van der Waals surface area contributed by atoms with Gasteiger partial charge in [-0.15, -0.1) is 11.3 Å². The first kappa shape index (κ1) is 20.4. The van der Waals surface area contributed by atoms with Crippen LogP contribution in [0.15, 0.2) is 24.3 Å². The van der Waals surface area contributed by atoms with Crippen molar-refractivity contribution in [2.24, 2.45) is 5.92 Å². The first-order chi connectivity index (χ1) is 14.0. The van der Waals surface area contributed by atoms with Gasteiger partial charge in [-0.3, -0.25) is 9.59 Å². The quantitative estimate of drug-likeness (QED) is 0.711. The Morgan fingerprint density at radius 3 is 2.48 bits per heavy atom. The topological polar surface area (TPSA) is 53.5 Å². The summed E-state index contributed by atoms with van der Waals surface area (Å²) in [4.78, 5) is 35.0. The lowest BCUT2D eigenvalue weighted by molar-refractivity contribution is -0.137. The highest BCUT2D eigenvalue weighted by atomic mass is 35.5. The molecule has 2 amide bonds. The first-order valence-electron chi connectivity index (χ1n) is 10.3. The summed E-state index contributed by atoms with van der Waals surface area (Å²) in [6, 6.07) is 7.54. The van der Waals surface area contributed by atoms with Crippen molar-refractivity contribution in [3.8, 4) is 10.6 Å². The van der Waals surface area contributed by atoms with E-state index in [1.165, 1.54) is 17.8 Å². The fourth-order valence-corrected chi connectivity index (χ4v) is 5.41. The number of rotatable bonds is 3. The van der Waals surface area contributed by atoms with E-state index in [0.717, 1.165) is 55.0 Å². The van der Waals surface area contributed by atoms with Crippen molar-refractivity contribution in [2.45, 2.75) is 39.0 Å². The predicted molar refractivity (Wildman–Crippen MR) is 116 cm³/mol. The van der Waals surface area contributed by atoms with Gasteiger partial charge in [-0.05, 0) is 51.2 Å². The molecule has 29 heavy (non-hydrogen) atoms. The SMILES string of the molecule is Cc1nc(-c2cccc(Cl)c2)sc1C(=O)N1CCC(C(=O)N2CCCCC2)CC1. The minimum Gasteiger partial charge on any atom is -0.342 e. The zero-order valence-electron chi connectivity index (χ0n) is 16.7. The summed E-state index contributed by atoms with van der Waals surface area (Å²) in [5.74, 6) is 0.368. The fraction of sp³-hybridized carbons (Fsp3) is 0.500. The van der Waals surface area contributed by atoms with Crippen LogP contribution in [0.4, 0.5) is 0 Å². The molecule has 1 aromatic heterocycles. The maximum atomic E-state index is 13.1. The largest absolute Gasteiger partial charge is 0.342 e. The highest BCUT2D eigenvalue weighted by Gasteiger charge is 2.32. The molecule has 0 bridgehead atoms. The highest BCUT2D eigenvalue weighted by Crippen LogP contribution is 2.31. The summed E-state index contributed by atoms with van der Waals surface area (Å²) < 4.78 is 0. The standard InChI is InChI=1S/C22H26ClN3O2S/c1-15-19(29-20(24-15)17-6-5-7-18(23)14-17)22(28)26-12-8-16(9-13-26)21(27)25-10-3-2-4-11-25/h5-7,14,16H,2-4,8-13H2,1H3. The average molecular weight is 432 g/mol. The summed E-state index contributed by atoms with van der Waals surface area (Å²) in [7, 11) is 0. The molecule has 4 rings (SSSR count). The molecule has 0 unspecified atom stereocenters. The Kier molecular flexibility index (Phi) is 6.20. The molecule has 5 nitrogen and oxygen atoms in total. The van der Waals surface area contributed by atoms with Crippen LogP contribution in [0.2, 0.25) is 5.02 Å². The Balaban J connectivity index is 1.40. The molecule has 2 fully saturated rings. The van der Waals surface area contributed by atoms with E-state index in [0.29, 0.717) is 23.0 Å². The molecule has 0 atom stereocenters. The molecular formula is C22H26ClN3O2S. The molecule has 0 radical (unpaired) electrons. The van der Waals surface area contributed by atoms with Gasteiger partial charge in [-0.1, -0.05) is 23.7 Å². The number of aromatic nitrogens is 1. The van der Waals surface area contributed by atoms with Crippen LogP contribution in [0, 0.1) is 12.8 Å². The van der Waals surface area contributed by atoms with E-state index in [1.54, 1.807) is 0 Å². The van der Waals surface area contributed by atoms with E-state index < -0.39 is 0 Å². The van der Waals surface area contributed by atoms with Crippen LogP contribution >= 0.6 is 22.9 Å². The van der Waals surface area contributed by atoms with Crippen molar-refractivity contribution < 1.29 is 9.59 Å². The molecule has 3 heterocycles. The summed E-state index contributed by atoms with van der Waals surface area (Å²) >= 11 is 7.51. The van der Waals surface area contributed by atoms with Crippen molar-refractivity contribution in [1.82, 2.24) is 14.8 Å². The molecular weight excluding hydrogens is 406 g/mol. The smallest absolute Gasteiger partial charge is 0.265 e. The van der Waals surface area contributed by atoms with E-state index in [4.69, 9.17) is 11.6 Å². The maximum absolute atomic E-state index is 13.1. The van der Waals surface area contributed by atoms with Gasteiger partial charge in [-0.2, -0.15) is 0 Å². The summed E-state index contributed by atoms with van der Waals surface area (Å²) in [6.45, 7) is 4.93. The number of likely N-dealkylation sites (tertiary alicyclic amines) is 2. The summed E-state index contributed by atoms with van der Waals surface area (Å²) in [6.07, 6.45) is 4.95. The third-order valence-electron chi connectivity index (χ3n) is 5.86. The molecule has 2 aliphatic rings. The number of hydrogen-bond acceptors (Lipinski definition) is 4. The van der Waals surface area contributed by atoms with Crippen molar-refractivity contribution in [3.63, 3.8) is 0 Å². The molecule has 0 saturated carbocycles. The molecule has 2 aromatic rings. The predicted octanol–water partition coefficient (Wildman–Crippen LogP) is 4.64. The zero-order chi connectivity index (χ0) is 20.4. The van der Waals surface area contributed by atoms with Crippen molar-refractivity contribution in [1.29, 1.82) is 0 Å². The van der Waals surface area contributed by atoms with Crippen LogP contribution in [-0.2, 0) is 4.79 Å². The monoisotopic (exact) mass is 431 g/mol. The lowest BCUT2D eigenvalue weighted by atomic mass is 9.94. The van der Waals surface area contributed by atoms with Crippen LogP contribution < -0.4 is 0 Å². The number of nitrogens with zero attached hydrogens (tertiary/aromatic N) is 3. The number of carbonyl (C=O) groups excluding carboxylic acids is 2. The van der Waals surface area contributed by atoms with Gasteiger partial charge in [0, 0.05) is 42.7 Å². The second kappa shape index (κ2) is 8.84. The molecule has 0 spiro atoms. The van der Waals surface area contributed by atoms with Gasteiger partial charge in [0.15, 0.2) is 0 Å². The Morgan fingerprint density at radius 1 is 1.07 bits per heavy atom. The molecule has 154 valence electrons. The van der Waals surface area contributed by atoms with E-state index in [9.17, 15) is 9.59 Å². The minimum atomic E-state index is 0.0251. The molecule has 0 N–H and O–H groups in total. The van der Waals surface area contributed by atoms with Crippen molar-refractivity contribution in [2.75, 3.05) is 26.2 Å². The van der Waals surface area contributed by atoms with E-state index in [-0.39, 0.29) is 17.7 Å². The molecule has 2 aliphatic heterocycles. The number of benzene rings is 1. The third-order valence-corrected chi connectivity index (χ3v) is 7.29. The average Bonchev–Trinajstić information content (AvgIpc) is 3.15. The number of piperidine rings is 2. The van der Waals surface area contributed by atoms with Gasteiger partial charge >= 0.3 is 0 Å². The van der Waals surface area contributed by atoms with Crippen LogP contribution in [-0.4, -0.2) is 52.8 Å². The second-order valence-corrected chi connectivity index (χ2v) is 9.33. The van der Waals surface area contributed by atoms with Gasteiger partial charge in [0.05, 0.1) is 5.69 Å². The zero-order valence-corrected chi connectivity index (χ0v) is 18.3. The normalized spacial score (nSPS) is 18.1. The van der Waals surface area contributed by atoms with Gasteiger partial charge in [0.1, 0.15) is 9.88 Å². The fourth-order valence-electron chi connectivity index (χ4n) is 4.19. The van der Waals surface area contributed by atoms with Gasteiger partial charge in [-0.25, -0.2) is 4.98 Å². The van der Waals surface area contributed by atoms with Crippen LogP contribution in [0.3, 0.4) is 0 Å². The highest BCUT2D eigenvalue weighted by molar-refractivity contribution is 7.17. The molecule has 2 saturated heterocycles. The number of halogens is 1. The lowest BCUT2D eigenvalue weighted by Crippen LogP contribution is -2.45. The second-order valence-electron chi connectivity index (χ2n) is 7.90. The van der Waals surface area contributed by atoms with Gasteiger partial charge < -0.3 is 9.80 Å². The summed E-state index contributed by atoms with van der Waals surface area (Å²) in [5, 5.41) is 1.46. The lowest BCUT2D eigenvalue weighted by Gasteiger charge is -2.35.